The molecule has 0 fully saturated rings. The van der Waals surface area contributed by atoms with E-state index in [0.717, 1.165) is 15.8 Å². The highest BCUT2D eigenvalue weighted by Gasteiger charge is 2.20. The van der Waals surface area contributed by atoms with Crippen LogP contribution in [0, 0.1) is 6.92 Å². The van der Waals surface area contributed by atoms with Crippen molar-refractivity contribution in [1.82, 2.24) is 9.88 Å². The predicted octanol–water partition coefficient (Wildman–Crippen LogP) is 3.64. The second-order valence-electron chi connectivity index (χ2n) is 6.34. The molecule has 136 valence electrons. The molecule has 0 bridgehead atoms. The van der Waals surface area contributed by atoms with Crippen LogP contribution < -0.4 is 5.32 Å². The first-order valence-electron chi connectivity index (χ1n) is 8.14. The maximum atomic E-state index is 12.8. The highest BCUT2D eigenvalue weighted by molar-refractivity contribution is 7.19. The molecule has 6 nitrogen and oxygen atoms in total. The Balaban J connectivity index is 1.87. The Morgan fingerprint density at radius 1 is 1.23 bits per heavy atom. The summed E-state index contributed by atoms with van der Waals surface area (Å²) in [5.74, 6) is -0.607. The van der Waals surface area contributed by atoms with Gasteiger partial charge in [-0.15, -0.1) is 11.3 Å². The van der Waals surface area contributed by atoms with Gasteiger partial charge in [-0.3, -0.25) is 4.79 Å². The molecule has 0 atom stereocenters. The summed E-state index contributed by atoms with van der Waals surface area (Å²) in [6, 6.07) is 8.68. The van der Waals surface area contributed by atoms with Crippen molar-refractivity contribution in [3.05, 3.63) is 52.0 Å². The summed E-state index contributed by atoms with van der Waals surface area (Å²) in [4.78, 5) is 30.8. The lowest BCUT2D eigenvalue weighted by molar-refractivity contribution is 0.0600. The number of carbonyl (C=O) groups is 2. The molecule has 0 saturated heterocycles. The fourth-order valence-corrected chi connectivity index (χ4v) is 3.83. The number of nitrogens with zero attached hydrogens (tertiary/aromatic N) is 1. The molecule has 0 unspecified atom stereocenters. The van der Waals surface area contributed by atoms with Crippen LogP contribution in [0.2, 0.25) is 0 Å². The van der Waals surface area contributed by atoms with E-state index in [0.29, 0.717) is 23.5 Å². The van der Waals surface area contributed by atoms with E-state index in [-0.39, 0.29) is 5.91 Å². The third kappa shape index (κ3) is 3.63. The van der Waals surface area contributed by atoms with Gasteiger partial charge in [0.15, 0.2) is 0 Å². The van der Waals surface area contributed by atoms with Gasteiger partial charge in [0.1, 0.15) is 5.69 Å². The van der Waals surface area contributed by atoms with Gasteiger partial charge in [0, 0.05) is 22.7 Å². The second-order valence-corrected chi connectivity index (χ2v) is 7.60. The Labute approximate surface area is 155 Å². The Morgan fingerprint density at radius 2 is 1.92 bits per heavy atom. The van der Waals surface area contributed by atoms with Crippen molar-refractivity contribution in [1.29, 1.82) is 0 Å². The van der Waals surface area contributed by atoms with Gasteiger partial charge < -0.3 is 19.9 Å². The zero-order valence-electron chi connectivity index (χ0n) is 15.2. The average molecular weight is 371 g/mol. The fourth-order valence-electron chi connectivity index (χ4n) is 2.82. The van der Waals surface area contributed by atoms with Crippen molar-refractivity contribution in [2.45, 2.75) is 13.5 Å². The molecule has 1 aromatic carbocycles. The van der Waals surface area contributed by atoms with E-state index in [2.05, 4.69) is 28.0 Å². The topological polar surface area (TPSA) is 74.4 Å². The Morgan fingerprint density at radius 3 is 2.54 bits per heavy atom. The number of rotatable bonds is 5. The average Bonchev–Trinajstić information content (AvgIpc) is 3.12. The SMILES string of the molecule is COC(=O)c1ccc(NC(=O)c2[nH]c3cc(C)sc3c2CN(C)C)cc1. The number of amides is 1. The predicted molar refractivity (Wildman–Crippen MR) is 104 cm³/mol. The van der Waals surface area contributed by atoms with Crippen LogP contribution in [0.5, 0.6) is 0 Å². The number of nitrogens with one attached hydrogen (secondary N) is 2. The maximum Gasteiger partial charge on any atom is 0.337 e. The van der Waals surface area contributed by atoms with Crippen LogP contribution in [0.1, 0.15) is 31.3 Å². The second kappa shape index (κ2) is 7.31. The normalized spacial score (nSPS) is 11.1. The summed E-state index contributed by atoms with van der Waals surface area (Å²) in [6.07, 6.45) is 0. The number of anilines is 1. The van der Waals surface area contributed by atoms with Crippen LogP contribution in [0.15, 0.2) is 30.3 Å². The van der Waals surface area contributed by atoms with Gasteiger partial charge in [0.25, 0.3) is 5.91 Å². The highest BCUT2D eigenvalue weighted by atomic mass is 32.1. The lowest BCUT2D eigenvalue weighted by atomic mass is 10.2. The van der Waals surface area contributed by atoms with E-state index < -0.39 is 5.97 Å². The summed E-state index contributed by atoms with van der Waals surface area (Å²) in [5, 5.41) is 2.89. The molecule has 0 spiro atoms. The molecule has 2 N–H and O–H groups in total. The quantitative estimate of drug-likeness (QED) is 0.672. The Bertz CT molecular complexity index is 954. The van der Waals surface area contributed by atoms with E-state index >= 15 is 0 Å². The zero-order valence-corrected chi connectivity index (χ0v) is 16.0. The largest absolute Gasteiger partial charge is 0.465 e. The minimum atomic E-state index is -0.406. The monoisotopic (exact) mass is 371 g/mol. The number of hydrogen-bond donors (Lipinski definition) is 2. The van der Waals surface area contributed by atoms with Gasteiger partial charge in [-0.25, -0.2) is 4.79 Å². The number of aromatic nitrogens is 1. The van der Waals surface area contributed by atoms with Gasteiger partial charge in [0.2, 0.25) is 0 Å². The molecule has 0 saturated carbocycles. The van der Waals surface area contributed by atoms with Gasteiger partial charge in [-0.2, -0.15) is 0 Å². The third-order valence-corrected chi connectivity index (χ3v) is 5.07. The van der Waals surface area contributed by atoms with Crippen molar-refractivity contribution in [3.8, 4) is 0 Å². The number of benzene rings is 1. The van der Waals surface area contributed by atoms with Crippen LogP contribution in [-0.4, -0.2) is 43.0 Å². The molecule has 26 heavy (non-hydrogen) atoms. The molecule has 0 aliphatic rings. The Kier molecular flexibility index (Phi) is 5.11. The first kappa shape index (κ1) is 18.2. The van der Waals surface area contributed by atoms with Crippen molar-refractivity contribution in [2.75, 3.05) is 26.5 Å². The zero-order chi connectivity index (χ0) is 18.8. The van der Waals surface area contributed by atoms with Crippen molar-refractivity contribution in [3.63, 3.8) is 0 Å². The van der Waals surface area contributed by atoms with E-state index in [4.69, 9.17) is 0 Å². The van der Waals surface area contributed by atoms with Gasteiger partial charge >= 0.3 is 5.97 Å². The number of thiophene rings is 1. The summed E-state index contributed by atoms with van der Waals surface area (Å²) in [5.41, 5.74) is 3.60. The van der Waals surface area contributed by atoms with Crippen LogP contribution in [-0.2, 0) is 11.3 Å². The summed E-state index contributed by atoms with van der Waals surface area (Å²) >= 11 is 1.68. The van der Waals surface area contributed by atoms with Crippen molar-refractivity contribution >= 4 is 39.1 Å². The van der Waals surface area contributed by atoms with E-state index in [1.165, 1.54) is 12.0 Å². The molecule has 0 aliphatic heterocycles. The molecule has 3 rings (SSSR count). The number of H-pyrrole nitrogens is 1. The first-order valence-corrected chi connectivity index (χ1v) is 8.96. The smallest absolute Gasteiger partial charge is 0.337 e. The highest BCUT2D eigenvalue weighted by Crippen LogP contribution is 2.31. The molecule has 1 amide bonds. The van der Waals surface area contributed by atoms with Gasteiger partial charge in [-0.1, -0.05) is 0 Å². The minimum Gasteiger partial charge on any atom is -0.465 e. The number of esters is 1. The molecule has 0 aliphatic carbocycles. The van der Waals surface area contributed by atoms with Gasteiger partial charge in [-0.05, 0) is 51.4 Å². The maximum absolute atomic E-state index is 12.8. The summed E-state index contributed by atoms with van der Waals surface area (Å²) in [7, 11) is 5.29. The lowest BCUT2D eigenvalue weighted by Gasteiger charge is -2.11. The Hall–Kier alpha value is -2.64. The van der Waals surface area contributed by atoms with Crippen LogP contribution >= 0.6 is 11.3 Å². The van der Waals surface area contributed by atoms with E-state index in [1.807, 2.05) is 19.0 Å². The van der Waals surface area contributed by atoms with Gasteiger partial charge in [0.05, 0.1) is 22.9 Å². The number of ether oxygens (including phenoxy) is 1. The number of aryl methyl sites for hydroxylation is 1. The number of methoxy groups -OCH3 is 1. The number of carbonyl (C=O) groups excluding carboxylic acids is 2. The standard InChI is InChI=1S/C19H21N3O3S/c1-11-9-15-17(26-11)14(10-22(2)3)16(21-15)18(23)20-13-7-5-12(6-8-13)19(24)25-4/h5-9,21H,10H2,1-4H3,(H,20,23). The molecular weight excluding hydrogens is 350 g/mol. The van der Waals surface area contributed by atoms with Crippen molar-refractivity contribution < 1.29 is 14.3 Å². The van der Waals surface area contributed by atoms with E-state index in [1.54, 1.807) is 35.6 Å². The minimum absolute atomic E-state index is 0.200. The fraction of sp³-hybridized carbons (Fsp3) is 0.263. The van der Waals surface area contributed by atoms with Crippen LogP contribution in [0.4, 0.5) is 5.69 Å². The summed E-state index contributed by atoms with van der Waals surface area (Å²) in [6.45, 7) is 2.73. The number of hydrogen-bond acceptors (Lipinski definition) is 5. The summed E-state index contributed by atoms with van der Waals surface area (Å²) < 4.78 is 5.79. The van der Waals surface area contributed by atoms with Crippen molar-refractivity contribution in [2.24, 2.45) is 0 Å². The van der Waals surface area contributed by atoms with Crippen LogP contribution in [0.3, 0.4) is 0 Å². The molecular formula is C19H21N3O3S. The van der Waals surface area contributed by atoms with Crippen LogP contribution in [0.25, 0.3) is 10.2 Å². The molecule has 7 heteroatoms. The number of fused-ring (bicyclic) bond motifs is 1. The lowest BCUT2D eigenvalue weighted by Crippen LogP contribution is -2.18. The van der Waals surface area contributed by atoms with E-state index in [9.17, 15) is 9.59 Å². The molecule has 2 heterocycles. The first-order chi connectivity index (χ1) is 12.4. The third-order valence-electron chi connectivity index (χ3n) is 3.96. The molecule has 0 radical (unpaired) electrons. The molecule has 2 aromatic heterocycles. The molecule has 3 aromatic rings. The number of aromatic amines is 1.